The van der Waals surface area contributed by atoms with Crippen molar-refractivity contribution >= 4 is 61.5 Å². The number of aryl methyl sites for hydroxylation is 1. The van der Waals surface area contributed by atoms with Gasteiger partial charge < -0.3 is 9.47 Å². The molecule has 0 saturated heterocycles. The van der Waals surface area contributed by atoms with Crippen LogP contribution >= 0.6 is 23.5 Å². The topological polar surface area (TPSA) is 121 Å². The largest absolute Gasteiger partial charge is 0.493 e. The van der Waals surface area contributed by atoms with Crippen LogP contribution < -0.4 is 9.47 Å². The summed E-state index contributed by atoms with van der Waals surface area (Å²) in [5.74, 6) is -0.368. The fourth-order valence-electron chi connectivity index (χ4n) is 3.29. The van der Waals surface area contributed by atoms with Gasteiger partial charge in [0, 0.05) is 6.26 Å². The third-order valence-electron chi connectivity index (χ3n) is 5.02. The lowest BCUT2D eigenvalue weighted by molar-refractivity contribution is -0.114. The Morgan fingerprint density at radius 2 is 2.00 bits per heavy atom. The van der Waals surface area contributed by atoms with Crippen molar-refractivity contribution in [2.75, 3.05) is 13.4 Å². The monoisotopic (exact) mass is 518 g/mol. The number of hydrogen-bond acceptors (Lipinski definition) is 8. The summed E-state index contributed by atoms with van der Waals surface area (Å²) < 4.78 is 39.3. The van der Waals surface area contributed by atoms with E-state index in [1.807, 2.05) is 31.2 Å². The van der Waals surface area contributed by atoms with E-state index >= 15 is 0 Å². The van der Waals surface area contributed by atoms with Crippen LogP contribution in [0.3, 0.4) is 0 Å². The first-order valence-electron chi connectivity index (χ1n) is 9.84. The van der Waals surface area contributed by atoms with Crippen molar-refractivity contribution < 1.29 is 22.7 Å². The van der Waals surface area contributed by atoms with Crippen molar-refractivity contribution in [3.63, 3.8) is 0 Å². The number of hydrogen-bond donors (Lipinski definition) is 1. The molecule has 2 heterocycles. The van der Waals surface area contributed by atoms with E-state index < -0.39 is 15.7 Å². The zero-order chi connectivity index (χ0) is 24.6. The van der Waals surface area contributed by atoms with Gasteiger partial charge in [0.1, 0.15) is 12.4 Å². The van der Waals surface area contributed by atoms with Crippen LogP contribution in [0.5, 0.6) is 11.5 Å². The van der Waals surface area contributed by atoms with Gasteiger partial charge in [0.25, 0.3) is 5.91 Å². The summed E-state index contributed by atoms with van der Waals surface area (Å²) in [6.07, 6.45) is 2.37. The number of benzene rings is 2. The molecule has 0 aromatic heterocycles. The van der Waals surface area contributed by atoms with Gasteiger partial charge in [0.15, 0.2) is 11.5 Å². The zero-order valence-electron chi connectivity index (χ0n) is 18.3. The van der Waals surface area contributed by atoms with Crippen LogP contribution in [0.25, 0.3) is 6.08 Å². The van der Waals surface area contributed by atoms with Gasteiger partial charge in [0.2, 0.25) is 20.2 Å². The van der Waals surface area contributed by atoms with Gasteiger partial charge in [-0.05, 0) is 41.8 Å². The Kier molecular flexibility index (Phi) is 6.52. The number of aliphatic imine (C=N–C) groups is 1. The Morgan fingerprint density at radius 1 is 1.26 bits per heavy atom. The molecule has 176 valence electrons. The molecule has 1 N–H and O–H groups in total. The normalized spacial score (nSPS) is 16.9. The van der Waals surface area contributed by atoms with Gasteiger partial charge in [-0.3, -0.25) is 10.2 Å². The molecule has 4 rings (SSSR count). The molecule has 2 aliphatic heterocycles. The van der Waals surface area contributed by atoms with Gasteiger partial charge in [-0.25, -0.2) is 13.3 Å². The minimum absolute atomic E-state index is 0.0168. The van der Waals surface area contributed by atoms with E-state index in [0.29, 0.717) is 17.1 Å². The molecule has 9 nitrogen and oxygen atoms in total. The Hall–Kier alpha value is -3.15. The highest BCUT2D eigenvalue weighted by atomic mass is 35.5. The lowest BCUT2D eigenvalue weighted by Gasteiger charge is -2.24. The predicted octanol–water partition coefficient (Wildman–Crippen LogP) is 3.86. The third kappa shape index (κ3) is 4.59. The highest BCUT2D eigenvalue weighted by molar-refractivity contribution is 8.16. The molecule has 0 atom stereocenters. The molecule has 2 aliphatic rings. The first-order chi connectivity index (χ1) is 16.1. The number of nitrogens with one attached hydrogen (secondary N) is 1. The molecule has 2 aromatic rings. The van der Waals surface area contributed by atoms with Crippen LogP contribution in [-0.2, 0) is 21.2 Å². The third-order valence-corrected chi connectivity index (χ3v) is 7.06. The second-order valence-electron chi connectivity index (χ2n) is 7.43. The Morgan fingerprint density at radius 3 is 2.68 bits per heavy atom. The van der Waals surface area contributed by atoms with Gasteiger partial charge in [0.05, 0.1) is 29.7 Å². The van der Waals surface area contributed by atoms with E-state index in [2.05, 4.69) is 9.39 Å². The molecule has 0 fully saturated rings. The van der Waals surface area contributed by atoms with Gasteiger partial charge in [-0.2, -0.15) is 9.39 Å². The summed E-state index contributed by atoms with van der Waals surface area (Å²) in [6, 6.07) is 11.0. The van der Waals surface area contributed by atoms with Crippen molar-refractivity contribution in [3.05, 3.63) is 63.7 Å². The predicted molar refractivity (Wildman–Crippen MR) is 133 cm³/mol. The molecular formula is C22H19ClN4O5S2. The fraction of sp³-hybridized carbons (Fsp3) is 0.182. The summed E-state index contributed by atoms with van der Waals surface area (Å²) in [4.78, 5) is 17.5. The second kappa shape index (κ2) is 9.24. The summed E-state index contributed by atoms with van der Waals surface area (Å²) in [5, 5.41) is 8.36. The number of amides is 1. The van der Waals surface area contributed by atoms with Crippen LogP contribution in [0.15, 0.2) is 51.4 Å². The molecule has 2 aromatic carbocycles. The number of fused-ring (bicyclic) bond motifs is 1. The van der Waals surface area contributed by atoms with Gasteiger partial charge in [-0.15, -0.1) is 0 Å². The lowest BCUT2D eigenvalue weighted by atomic mass is 10.1. The van der Waals surface area contributed by atoms with Crippen molar-refractivity contribution in [3.8, 4) is 11.5 Å². The van der Waals surface area contributed by atoms with E-state index in [1.165, 1.54) is 13.2 Å². The summed E-state index contributed by atoms with van der Waals surface area (Å²) in [7, 11) is -2.28. The summed E-state index contributed by atoms with van der Waals surface area (Å²) >= 11 is 7.20. The lowest BCUT2D eigenvalue weighted by Crippen LogP contribution is -2.45. The van der Waals surface area contributed by atoms with E-state index in [9.17, 15) is 13.2 Å². The van der Waals surface area contributed by atoms with E-state index in [-0.39, 0.29) is 33.4 Å². The van der Waals surface area contributed by atoms with Crippen molar-refractivity contribution in [1.29, 1.82) is 5.41 Å². The molecule has 0 saturated carbocycles. The molecule has 0 radical (unpaired) electrons. The number of rotatable bonds is 5. The molecule has 12 heteroatoms. The number of sulfone groups is 1. The fourth-order valence-corrected chi connectivity index (χ4v) is 5.41. The van der Waals surface area contributed by atoms with E-state index in [0.717, 1.165) is 34.2 Å². The quantitative estimate of drug-likeness (QED) is 0.471. The molecular weight excluding hydrogens is 500 g/mol. The Bertz CT molecular complexity index is 1420. The Labute approximate surface area is 205 Å². The maximum atomic E-state index is 12.6. The number of carbonyl (C=O) groups is 1. The molecule has 1 amide bonds. The summed E-state index contributed by atoms with van der Waals surface area (Å²) in [6.45, 7) is 2.26. The number of carbonyl (C=O) groups excluding carboxylic acids is 1. The average Bonchev–Trinajstić information content (AvgIpc) is 3.21. The first kappa shape index (κ1) is 24.0. The second-order valence-corrected chi connectivity index (χ2v) is 10.5. The van der Waals surface area contributed by atoms with Crippen molar-refractivity contribution in [2.45, 2.75) is 13.5 Å². The molecule has 0 spiro atoms. The van der Waals surface area contributed by atoms with Crippen LogP contribution in [0.4, 0.5) is 0 Å². The highest BCUT2D eigenvalue weighted by Gasteiger charge is 2.41. The average molecular weight is 519 g/mol. The van der Waals surface area contributed by atoms with Crippen LogP contribution in [0, 0.1) is 12.3 Å². The minimum Gasteiger partial charge on any atom is -0.493 e. The number of ether oxygens (including phenoxy) is 2. The molecule has 34 heavy (non-hydrogen) atoms. The van der Waals surface area contributed by atoms with Crippen LogP contribution in [0.2, 0.25) is 5.02 Å². The number of nitrogens with zero attached hydrogens (tertiary/aromatic N) is 3. The van der Waals surface area contributed by atoms with Gasteiger partial charge >= 0.3 is 0 Å². The van der Waals surface area contributed by atoms with Crippen molar-refractivity contribution in [1.82, 2.24) is 4.90 Å². The zero-order valence-corrected chi connectivity index (χ0v) is 20.7. The first-order valence-corrected chi connectivity index (χ1v) is 12.9. The standard InChI is InChI=1S/C22H19ClN4O5S2/c1-12-6-4-5-7-14(12)11-32-18-16(23)9-13(10-17(18)31-2)8-15-19(24)27-21(25-20(15)28)33-26-22(27)34(3,29)30/h4-10,24H,11H2,1-3H3/b15-8-,24-19?. The van der Waals surface area contributed by atoms with Crippen LogP contribution in [-0.4, -0.2) is 48.8 Å². The van der Waals surface area contributed by atoms with Gasteiger partial charge in [-0.1, -0.05) is 35.9 Å². The van der Waals surface area contributed by atoms with Crippen LogP contribution in [0.1, 0.15) is 16.7 Å². The maximum Gasteiger partial charge on any atom is 0.283 e. The van der Waals surface area contributed by atoms with Crippen molar-refractivity contribution in [2.24, 2.45) is 9.39 Å². The van der Waals surface area contributed by atoms with E-state index in [4.69, 9.17) is 26.5 Å². The molecule has 0 bridgehead atoms. The molecule has 0 aliphatic carbocycles. The maximum absolute atomic E-state index is 12.6. The SMILES string of the molecule is COc1cc(/C=C2/C(=N)N3C(=NC2=O)SN=C3S(C)(=O)=O)cc(Cl)c1OCc1ccccc1C. The number of halogens is 1. The smallest absolute Gasteiger partial charge is 0.283 e. The number of methoxy groups -OCH3 is 1. The summed E-state index contributed by atoms with van der Waals surface area (Å²) in [5.41, 5.74) is 2.40. The Balaban J connectivity index is 1.66. The minimum atomic E-state index is -3.74. The molecule has 0 unspecified atom stereocenters. The highest BCUT2D eigenvalue weighted by Crippen LogP contribution is 2.38. The number of amidine groups is 3. The van der Waals surface area contributed by atoms with E-state index in [1.54, 1.807) is 12.1 Å².